The van der Waals surface area contributed by atoms with E-state index in [1.807, 2.05) is 30.3 Å². The molecule has 5 heteroatoms. The van der Waals surface area contributed by atoms with E-state index in [1.54, 1.807) is 0 Å². The normalized spacial score (nSPS) is 15.4. The van der Waals surface area contributed by atoms with Crippen molar-refractivity contribution in [1.29, 1.82) is 0 Å². The molecule has 104 valence electrons. The maximum Gasteiger partial charge on any atom is 0.358 e. The second kappa shape index (κ2) is 5.36. The number of carboxylic acid groups (broad SMARTS) is 1. The van der Waals surface area contributed by atoms with Gasteiger partial charge in [0.1, 0.15) is 0 Å². The number of rotatable bonds is 4. The van der Waals surface area contributed by atoms with Crippen molar-refractivity contribution in [3.8, 4) is 11.4 Å². The Bertz CT molecular complexity index is 601. The van der Waals surface area contributed by atoms with Gasteiger partial charge in [-0.1, -0.05) is 18.2 Å². The molecule has 0 atom stereocenters. The van der Waals surface area contributed by atoms with E-state index in [9.17, 15) is 9.90 Å². The highest BCUT2D eigenvalue weighted by Gasteiger charge is 2.24. The SMILES string of the molecule is O=C(O)c1c(OC2CCCC2)cnn1-c1ccccc1. The molecule has 2 aromatic rings. The third-order valence-corrected chi connectivity index (χ3v) is 3.53. The van der Waals surface area contributed by atoms with Crippen LogP contribution in [0.2, 0.25) is 0 Å². The Kier molecular flexibility index (Phi) is 3.41. The van der Waals surface area contributed by atoms with Crippen LogP contribution in [0.1, 0.15) is 36.2 Å². The molecule has 1 aliphatic rings. The molecule has 1 N–H and O–H groups in total. The van der Waals surface area contributed by atoms with E-state index in [-0.39, 0.29) is 11.8 Å². The zero-order valence-corrected chi connectivity index (χ0v) is 11.0. The summed E-state index contributed by atoms with van der Waals surface area (Å²) in [5.41, 5.74) is 0.800. The Morgan fingerprint density at radius 2 is 1.95 bits per heavy atom. The van der Waals surface area contributed by atoms with Gasteiger partial charge in [0.05, 0.1) is 18.0 Å². The molecule has 1 aromatic carbocycles. The largest absolute Gasteiger partial charge is 0.486 e. The molecular weight excluding hydrogens is 256 g/mol. The number of ether oxygens (including phenoxy) is 1. The van der Waals surface area contributed by atoms with Crippen LogP contribution < -0.4 is 4.74 Å². The minimum Gasteiger partial charge on any atom is -0.486 e. The van der Waals surface area contributed by atoms with Gasteiger partial charge in [-0.3, -0.25) is 0 Å². The van der Waals surface area contributed by atoms with Crippen molar-refractivity contribution in [2.45, 2.75) is 31.8 Å². The van der Waals surface area contributed by atoms with Gasteiger partial charge in [0.25, 0.3) is 0 Å². The van der Waals surface area contributed by atoms with E-state index < -0.39 is 5.97 Å². The molecule has 1 aliphatic carbocycles. The first-order valence-electron chi connectivity index (χ1n) is 6.79. The van der Waals surface area contributed by atoms with E-state index in [0.29, 0.717) is 11.4 Å². The Morgan fingerprint density at radius 1 is 1.25 bits per heavy atom. The van der Waals surface area contributed by atoms with Gasteiger partial charge >= 0.3 is 5.97 Å². The van der Waals surface area contributed by atoms with Crippen molar-refractivity contribution in [3.63, 3.8) is 0 Å². The highest BCUT2D eigenvalue weighted by molar-refractivity contribution is 5.89. The van der Waals surface area contributed by atoms with E-state index >= 15 is 0 Å². The summed E-state index contributed by atoms with van der Waals surface area (Å²) < 4.78 is 7.22. The van der Waals surface area contributed by atoms with Gasteiger partial charge in [0.2, 0.25) is 0 Å². The molecule has 1 fully saturated rings. The third-order valence-electron chi connectivity index (χ3n) is 3.53. The van der Waals surface area contributed by atoms with Crippen molar-refractivity contribution < 1.29 is 14.6 Å². The third kappa shape index (κ3) is 2.39. The first-order valence-corrected chi connectivity index (χ1v) is 6.79. The summed E-state index contributed by atoms with van der Waals surface area (Å²) in [5, 5.41) is 13.6. The lowest BCUT2D eigenvalue weighted by Gasteiger charge is -2.12. The van der Waals surface area contributed by atoms with Crippen molar-refractivity contribution in [2.75, 3.05) is 0 Å². The van der Waals surface area contributed by atoms with Crippen LogP contribution in [0.5, 0.6) is 5.75 Å². The molecule has 0 unspecified atom stereocenters. The summed E-state index contributed by atoms with van der Waals surface area (Å²) in [6, 6.07) is 9.21. The van der Waals surface area contributed by atoms with Gasteiger partial charge < -0.3 is 9.84 Å². The number of nitrogens with zero attached hydrogens (tertiary/aromatic N) is 2. The van der Waals surface area contributed by atoms with Crippen molar-refractivity contribution >= 4 is 5.97 Å². The standard InChI is InChI=1S/C15H16N2O3/c18-15(19)14-13(20-12-8-4-5-9-12)10-16-17(14)11-6-2-1-3-7-11/h1-3,6-7,10,12H,4-5,8-9H2,(H,18,19). The predicted octanol–water partition coefficient (Wildman–Crippen LogP) is 2.89. The van der Waals surface area contributed by atoms with Crippen molar-refractivity contribution in [2.24, 2.45) is 0 Å². The first kappa shape index (κ1) is 12.7. The number of carbonyl (C=O) groups is 1. The number of aromatic nitrogens is 2. The van der Waals surface area contributed by atoms with E-state index in [1.165, 1.54) is 10.9 Å². The lowest BCUT2D eigenvalue weighted by molar-refractivity contribution is 0.0679. The second-order valence-corrected chi connectivity index (χ2v) is 4.93. The number of hydrogen-bond donors (Lipinski definition) is 1. The van der Waals surface area contributed by atoms with Gasteiger partial charge in [-0.2, -0.15) is 5.10 Å². The van der Waals surface area contributed by atoms with Gasteiger partial charge in [-0.25, -0.2) is 9.48 Å². The van der Waals surface area contributed by atoms with Crippen molar-refractivity contribution in [1.82, 2.24) is 9.78 Å². The minimum absolute atomic E-state index is 0.0862. The number of para-hydroxylation sites is 1. The molecular formula is C15H16N2O3. The summed E-state index contributed by atoms with van der Waals surface area (Å²) in [5.74, 6) is -0.674. The quantitative estimate of drug-likeness (QED) is 0.929. The van der Waals surface area contributed by atoms with Gasteiger partial charge in [-0.05, 0) is 37.8 Å². The molecule has 1 saturated carbocycles. The lowest BCUT2D eigenvalue weighted by atomic mass is 10.3. The summed E-state index contributed by atoms with van der Waals surface area (Å²) in [6.45, 7) is 0. The van der Waals surface area contributed by atoms with E-state index in [0.717, 1.165) is 25.7 Å². The van der Waals surface area contributed by atoms with Crippen LogP contribution >= 0.6 is 0 Å². The molecule has 20 heavy (non-hydrogen) atoms. The topological polar surface area (TPSA) is 64.3 Å². The Labute approximate surface area is 116 Å². The first-order chi connectivity index (χ1) is 9.75. The average molecular weight is 272 g/mol. The molecule has 0 saturated heterocycles. The summed E-state index contributed by atoms with van der Waals surface area (Å²) in [6.07, 6.45) is 5.85. The maximum atomic E-state index is 11.5. The maximum absolute atomic E-state index is 11.5. The summed E-state index contributed by atoms with van der Waals surface area (Å²) >= 11 is 0. The Morgan fingerprint density at radius 3 is 2.60 bits per heavy atom. The van der Waals surface area contributed by atoms with Crippen LogP contribution in [0.3, 0.4) is 0 Å². The summed E-state index contributed by atoms with van der Waals surface area (Å²) in [4.78, 5) is 11.5. The van der Waals surface area contributed by atoms with Gasteiger partial charge in [0, 0.05) is 0 Å². The highest BCUT2D eigenvalue weighted by Crippen LogP contribution is 2.27. The number of carboxylic acids is 1. The highest BCUT2D eigenvalue weighted by atomic mass is 16.5. The molecule has 5 nitrogen and oxygen atoms in total. The Hall–Kier alpha value is -2.30. The monoisotopic (exact) mass is 272 g/mol. The molecule has 1 heterocycles. The predicted molar refractivity (Wildman–Crippen MR) is 73.4 cm³/mol. The zero-order valence-electron chi connectivity index (χ0n) is 11.0. The van der Waals surface area contributed by atoms with Gasteiger partial charge in [0.15, 0.2) is 11.4 Å². The molecule has 3 rings (SSSR count). The zero-order chi connectivity index (χ0) is 13.9. The molecule has 0 bridgehead atoms. The van der Waals surface area contributed by atoms with Crippen molar-refractivity contribution in [3.05, 3.63) is 42.2 Å². The van der Waals surface area contributed by atoms with Gasteiger partial charge in [-0.15, -0.1) is 0 Å². The van der Waals surface area contributed by atoms with Crippen LogP contribution in [0, 0.1) is 0 Å². The fraction of sp³-hybridized carbons (Fsp3) is 0.333. The number of benzene rings is 1. The summed E-state index contributed by atoms with van der Waals surface area (Å²) in [7, 11) is 0. The molecule has 0 radical (unpaired) electrons. The lowest BCUT2D eigenvalue weighted by Crippen LogP contribution is -2.14. The van der Waals surface area contributed by atoms with Crippen LogP contribution in [0.25, 0.3) is 5.69 Å². The minimum atomic E-state index is -1.03. The van der Waals surface area contributed by atoms with Crippen LogP contribution in [-0.4, -0.2) is 27.0 Å². The molecule has 0 spiro atoms. The molecule has 0 aliphatic heterocycles. The van der Waals surface area contributed by atoms with E-state index in [4.69, 9.17) is 4.74 Å². The second-order valence-electron chi connectivity index (χ2n) is 4.93. The molecule has 1 aromatic heterocycles. The fourth-order valence-electron chi connectivity index (χ4n) is 2.57. The fourth-order valence-corrected chi connectivity index (χ4v) is 2.57. The Balaban J connectivity index is 1.95. The number of hydrogen-bond acceptors (Lipinski definition) is 3. The van der Waals surface area contributed by atoms with E-state index in [2.05, 4.69) is 5.10 Å². The average Bonchev–Trinajstić information content (AvgIpc) is 3.09. The molecule has 0 amide bonds. The number of aromatic carboxylic acids is 1. The van der Waals surface area contributed by atoms with Crippen LogP contribution in [0.4, 0.5) is 0 Å². The van der Waals surface area contributed by atoms with Crippen LogP contribution in [0.15, 0.2) is 36.5 Å². The smallest absolute Gasteiger partial charge is 0.358 e. The van der Waals surface area contributed by atoms with Crippen LogP contribution in [-0.2, 0) is 0 Å².